The van der Waals surface area contributed by atoms with Gasteiger partial charge in [0.1, 0.15) is 17.5 Å². The van der Waals surface area contributed by atoms with Crippen LogP contribution in [0, 0.1) is 17.5 Å². The van der Waals surface area contributed by atoms with Crippen LogP contribution < -0.4 is 0 Å². The molecule has 0 bridgehead atoms. The molecule has 0 unspecified atom stereocenters. The summed E-state index contributed by atoms with van der Waals surface area (Å²) in [6.45, 7) is 0. The maximum Gasteiger partial charge on any atom is 0.191 e. The number of ketones is 1. The number of hydrogen-bond donors (Lipinski definition) is 0. The van der Waals surface area contributed by atoms with Crippen molar-refractivity contribution in [1.29, 1.82) is 0 Å². The van der Waals surface area contributed by atoms with Gasteiger partial charge in [-0.2, -0.15) is 0 Å². The lowest BCUT2D eigenvalue weighted by molar-refractivity contribution is 0.104. The summed E-state index contributed by atoms with van der Waals surface area (Å²) in [4.78, 5) is 11.7. The van der Waals surface area contributed by atoms with Crippen LogP contribution >= 0.6 is 11.6 Å². The van der Waals surface area contributed by atoms with Crippen molar-refractivity contribution in [2.75, 3.05) is 0 Å². The Kier molecular flexibility index (Phi) is 4.25. The van der Waals surface area contributed by atoms with Crippen LogP contribution in [0.2, 0.25) is 5.02 Å². The van der Waals surface area contributed by atoms with E-state index in [4.69, 9.17) is 11.6 Å². The molecule has 0 atom stereocenters. The summed E-state index contributed by atoms with van der Waals surface area (Å²) in [7, 11) is 0. The van der Waals surface area contributed by atoms with E-state index in [1.54, 1.807) is 0 Å². The quantitative estimate of drug-likeness (QED) is 0.595. The molecule has 0 fully saturated rings. The van der Waals surface area contributed by atoms with Crippen LogP contribution in [0.25, 0.3) is 6.08 Å². The number of benzene rings is 2. The Bertz CT molecular complexity index is 655. The third-order valence-electron chi connectivity index (χ3n) is 2.61. The lowest BCUT2D eigenvalue weighted by Gasteiger charge is -2.01. The van der Waals surface area contributed by atoms with Crippen molar-refractivity contribution in [2.24, 2.45) is 0 Å². The van der Waals surface area contributed by atoms with Crippen molar-refractivity contribution < 1.29 is 18.0 Å². The van der Waals surface area contributed by atoms with Gasteiger partial charge in [-0.15, -0.1) is 0 Å². The Labute approximate surface area is 118 Å². The summed E-state index contributed by atoms with van der Waals surface area (Å²) in [5.41, 5.74) is -0.699. The van der Waals surface area contributed by atoms with Crippen molar-refractivity contribution in [3.63, 3.8) is 0 Å². The molecule has 0 radical (unpaired) electrons. The molecule has 102 valence electrons. The molecule has 1 nitrogen and oxygen atoms in total. The van der Waals surface area contributed by atoms with Crippen molar-refractivity contribution in [3.05, 3.63) is 76.1 Å². The van der Waals surface area contributed by atoms with Gasteiger partial charge in [0.15, 0.2) is 5.78 Å². The Balaban J connectivity index is 2.35. The first-order chi connectivity index (χ1) is 9.50. The minimum absolute atomic E-state index is 0.0146. The number of rotatable bonds is 3. The smallest absolute Gasteiger partial charge is 0.191 e. The summed E-state index contributed by atoms with van der Waals surface area (Å²) in [5, 5.41) is 0.100. The highest BCUT2D eigenvalue weighted by atomic mass is 35.5. The van der Waals surface area contributed by atoms with E-state index in [2.05, 4.69) is 0 Å². The minimum atomic E-state index is -0.973. The Morgan fingerprint density at radius 3 is 2.10 bits per heavy atom. The molecule has 2 aromatic carbocycles. The molecule has 0 amide bonds. The van der Waals surface area contributed by atoms with Crippen LogP contribution in [0.15, 0.2) is 42.5 Å². The minimum Gasteiger partial charge on any atom is -0.289 e. The van der Waals surface area contributed by atoms with Crippen molar-refractivity contribution in [2.45, 2.75) is 0 Å². The molecule has 2 aromatic rings. The zero-order valence-electron chi connectivity index (χ0n) is 10.0. The Morgan fingerprint density at radius 1 is 0.950 bits per heavy atom. The molecular weight excluding hydrogens is 289 g/mol. The fourth-order valence-corrected chi connectivity index (χ4v) is 1.87. The average molecular weight is 297 g/mol. The topological polar surface area (TPSA) is 17.1 Å². The van der Waals surface area contributed by atoms with E-state index in [1.807, 2.05) is 0 Å². The van der Waals surface area contributed by atoms with E-state index in [-0.39, 0.29) is 10.6 Å². The van der Waals surface area contributed by atoms with Crippen molar-refractivity contribution in [1.82, 2.24) is 0 Å². The SMILES string of the molecule is O=C(/C=C/c1c(F)cccc1Cl)c1c(F)cccc1F. The maximum atomic E-state index is 13.5. The third kappa shape index (κ3) is 2.91. The van der Waals surface area contributed by atoms with Gasteiger partial charge < -0.3 is 0 Å². The molecule has 0 aliphatic rings. The second-order valence-corrected chi connectivity index (χ2v) is 4.34. The predicted molar refractivity (Wildman–Crippen MR) is 71.1 cm³/mol. The fraction of sp³-hybridized carbons (Fsp3) is 0. The van der Waals surface area contributed by atoms with E-state index in [9.17, 15) is 18.0 Å². The van der Waals surface area contributed by atoms with Gasteiger partial charge in [0.2, 0.25) is 0 Å². The van der Waals surface area contributed by atoms with Crippen LogP contribution in [-0.4, -0.2) is 5.78 Å². The van der Waals surface area contributed by atoms with E-state index >= 15 is 0 Å². The number of carbonyl (C=O) groups excluding carboxylic acids is 1. The summed E-state index contributed by atoms with van der Waals surface area (Å²) in [6, 6.07) is 7.12. The zero-order valence-corrected chi connectivity index (χ0v) is 10.8. The highest BCUT2D eigenvalue weighted by Crippen LogP contribution is 2.21. The van der Waals surface area contributed by atoms with Crippen molar-refractivity contribution in [3.8, 4) is 0 Å². The van der Waals surface area contributed by atoms with Gasteiger partial charge in [-0.25, -0.2) is 13.2 Å². The molecule has 20 heavy (non-hydrogen) atoms. The molecule has 5 heteroatoms. The monoisotopic (exact) mass is 296 g/mol. The van der Waals surface area contributed by atoms with Crippen LogP contribution in [0.1, 0.15) is 15.9 Å². The summed E-state index contributed by atoms with van der Waals surface area (Å²) >= 11 is 5.77. The second kappa shape index (κ2) is 5.92. The number of carbonyl (C=O) groups is 1. The maximum absolute atomic E-state index is 13.5. The first-order valence-electron chi connectivity index (χ1n) is 5.61. The third-order valence-corrected chi connectivity index (χ3v) is 2.94. The van der Waals surface area contributed by atoms with Crippen LogP contribution in [-0.2, 0) is 0 Å². The average Bonchev–Trinajstić information content (AvgIpc) is 2.38. The molecular formula is C15H8ClF3O. The molecule has 0 heterocycles. The second-order valence-electron chi connectivity index (χ2n) is 3.93. The van der Waals surface area contributed by atoms with Crippen molar-refractivity contribution >= 4 is 23.5 Å². The van der Waals surface area contributed by atoms with Gasteiger partial charge in [0, 0.05) is 5.56 Å². The first-order valence-corrected chi connectivity index (χ1v) is 5.99. The highest BCUT2D eigenvalue weighted by Gasteiger charge is 2.14. The number of allylic oxidation sites excluding steroid dienone is 1. The Morgan fingerprint density at radius 2 is 1.50 bits per heavy atom. The van der Waals surface area contributed by atoms with Gasteiger partial charge >= 0.3 is 0 Å². The summed E-state index contributed by atoms with van der Waals surface area (Å²) in [6.07, 6.45) is 1.97. The molecule has 0 aliphatic heterocycles. The molecule has 0 saturated heterocycles. The van der Waals surface area contributed by atoms with E-state index < -0.39 is 28.8 Å². The normalized spacial score (nSPS) is 11.0. The van der Waals surface area contributed by atoms with Gasteiger partial charge in [-0.3, -0.25) is 4.79 Å². The van der Waals surface area contributed by atoms with Crippen LogP contribution in [0.5, 0.6) is 0 Å². The Hall–Kier alpha value is -2.07. The zero-order chi connectivity index (χ0) is 14.7. The van der Waals surface area contributed by atoms with Crippen LogP contribution in [0.3, 0.4) is 0 Å². The van der Waals surface area contributed by atoms with Gasteiger partial charge in [-0.1, -0.05) is 23.7 Å². The van der Waals surface area contributed by atoms with E-state index in [0.29, 0.717) is 0 Å². The molecule has 0 spiro atoms. The predicted octanol–water partition coefficient (Wildman–Crippen LogP) is 4.65. The summed E-state index contributed by atoms with van der Waals surface area (Å²) in [5.74, 6) is -3.48. The highest BCUT2D eigenvalue weighted by molar-refractivity contribution is 6.32. The molecule has 0 aromatic heterocycles. The van der Waals surface area contributed by atoms with Gasteiger partial charge in [0.05, 0.1) is 10.6 Å². The molecule has 0 aliphatic carbocycles. The standard InChI is InChI=1S/C15H8ClF3O/c16-10-3-1-4-11(17)9(10)7-8-14(20)15-12(18)5-2-6-13(15)19/h1-8H/b8-7+. The largest absolute Gasteiger partial charge is 0.289 e. The lowest BCUT2D eigenvalue weighted by Crippen LogP contribution is -2.02. The first kappa shape index (κ1) is 14.3. The molecule has 0 saturated carbocycles. The number of halogens is 4. The van der Waals surface area contributed by atoms with E-state index in [1.165, 1.54) is 18.2 Å². The molecule has 0 N–H and O–H groups in total. The van der Waals surface area contributed by atoms with E-state index in [0.717, 1.165) is 30.4 Å². The number of hydrogen-bond acceptors (Lipinski definition) is 1. The molecule has 2 rings (SSSR count). The van der Waals surface area contributed by atoms with Gasteiger partial charge in [-0.05, 0) is 36.4 Å². The lowest BCUT2D eigenvalue weighted by atomic mass is 10.1. The van der Waals surface area contributed by atoms with Gasteiger partial charge in [0.25, 0.3) is 0 Å². The fourth-order valence-electron chi connectivity index (χ4n) is 1.65. The summed E-state index contributed by atoms with van der Waals surface area (Å²) < 4.78 is 40.2. The van der Waals surface area contributed by atoms with Crippen LogP contribution in [0.4, 0.5) is 13.2 Å².